The van der Waals surface area contributed by atoms with Gasteiger partial charge in [-0.2, -0.15) is 0 Å². The van der Waals surface area contributed by atoms with E-state index in [0.717, 1.165) is 42.7 Å². The second kappa shape index (κ2) is 7.88. The fourth-order valence-corrected chi connectivity index (χ4v) is 5.50. The molecular weight excluding hydrogens is 402 g/mol. The number of fused-ring (bicyclic) bond motifs is 2. The Morgan fingerprint density at radius 2 is 1.90 bits per heavy atom. The molecule has 2 heterocycles. The van der Waals surface area contributed by atoms with Crippen molar-refractivity contribution in [1.82, 2.24) is 4.90 Å². The topological polar surface area (TPSA) is 59.0 Å². The van der Waals surface area contributed by atoms with E-state index in [1.54, 1.807) is 24.3 Å². The van der Waals surface area contributed by atoms with Gasteiger partial charge in [0.05, 0.1) is 12.1 Å². The molecule has 3 aliphatic rings. The zero-order valence-electron chi connectivity index (χ0n) is 16.9. The number of aliphatic hydroxyl groups is 1. The summed E-state index contributed by atoms with van der Waals surface area (Å²) in [7, 11) is 0. The van der Waals surface area contributed by atoms with Gasteiger partial charge >= 0.3 is 0 Å². The number of ketones is 1. The second-order valence-corrected chi connectivity index (χ2v) is 9.10. The molecule has 158 valence electrons. The van der Waals surface area contributed by atoms with Gasteiger partial charge in [0, 0.05) is 29.1 Å². The number of carbonyl (C=O) groups excluding carboxylic acids is 1. The van der Waals surface area contributed by atoms with Gasteiger partial charge in [-0.15, -0.1) is 0 Å². The Hall–Kier alpha value is -2.08. The number of hydrogen-bond donors (Lipinski definition) is 1. The molecule has 3 atom stereocenters. The highest BCUT2D eigenvalue weighted by Gasteiger charge is 2.49. The van der Waals surface area contributed by atoms with Gasteiger partial charge in [0.15, 0.2) is 17.3 Å². The van der Waals surface area contributed by atoms with Crippen molar-refractivity contribution in [2.24, 2.45) is 5.92 Å². The number of halogens is 1. The highest BCUT2D eigenvalue weighted by molar-refractivity contribution is 6.30. The maximum atomic E-state index is 13.0. The molecule has 0 unspecified atom stereocenters. The lowest BCUT2D eigenvalue weighted by Gasteiger charge is -2.52. The van der Waals surface area contributed by atoms with E-state index >= 15 is 0 Å². The van der Waals surface area contributed by atoms with Crippen LogP contribution >= 0.6 is 11.6 Å². The van der Waals surface area contributed by atoms with E-state index in [9.17, 15) is 9.90 Å². The van der Waals surface area contributed by atoms with E-state index in [1.165, 1.54) is 0 Å². The molecule has 5 nitrogen and oxygen atoms in total. The lowest BCUT2D eigenvalue weighted by atomic mass is 9.66. The number of benzene rings is 2. The molecule has 0 bridgehead atoms. The van der Waals surface area contributed by atoms with Crippen LogP contribution < -0.4 is 9.47 Å². The molecule has 2 aliphatic heterocycles. The molecule has 1 N–H and O–H groups in total. The van der Waals surface area contributed by atoms with Gasteiger partial charge in [-0.05, 0) is 61.2 Å². The van der Waals surface area contributed by atoms with Crippen LogP contribution in [0.1, 0.15) is 54.1 Å². The minimum absolute atomic E-state index is 0.0326. The Labute approximate surface area is 181 Å². The minimum Gasteiger partial charge on any atom is -0.454 e. The van der Waals surface area contributed by atoms with Gasteiger partial charge in [-0.3, -0.25) is 9.69 Å². The Morgan fingerprint density at radius 1 is 1.10 bits per heavy atom. The third-order valence-corrected chi connectivity index (χ3v) is 7.17. The van der Waals surface area contributed by atoms with Crippen molar-refractivity contribution >= 4 is 17.4 Å². The monoisotopic (exact) mass is 427 g/mol. The second-order valence-electron chi connectivity index (χ2n) is 8.66. The predicted molar refractivity (Wildman–Crippen MR) is 114 cm³/mol. The highest BCUT2D eigenvalue weighted by atomic mass is 35.5. The first-order valence-electron chi connectivity index (χ1n) is 10.7. The van der Waals surface area contributed by atoms with E-state index in [-0.39, 0.29) is 24.5 Å². The Morgan fingerprint density at radius 3 is 2.73 bits per heavy atom. The first-order valence-corrected chi connectivity index (χ1v) is 11.1. The number of likely N-dealkylation sites (tertiary alicyclic amines) is 1. The summed E-state index contributed by atoms with van der Waals surface area (Å²) in [5.74, 6) is 1.65. The summed E-state index contributed by atoms with van der Waals surface area (Å²) in [6.07, 6.45) is 4.66. The van der Waals surface area contributed by atoms with Crippen molar-refractivity contribution in [1.29, 1.82) is 0 Å². The molecule has 0 radical (unpaired) electrons. The van der Waals surface area contributed by atoms with Crippen LogP contribution in [0.2, 0.25) is 5.02 Å². The number of Topliss-reactive ketones (excluding diaryl/α,β-unsaturated/α-hetero) is 1. The summed E-state index contributed by atoms with van der Waals surface area (Å²) in [4.78, 5) is 15.3. The first-order chi connectivity index (χ1) is 14.5. The first kappa shape index (κ1) is 19.9. The number of carbonyl (C=O) groups is 1. The van der Waals surface area contributed by atoms with Gasteiger partial charge in [0.25, 0.3) is 0 Å². The lowest BCUT2D eigenvalue weighted by Crippen LogP contribution is -2.55. The number of piperidine rings is 1. The summed E-state index contributed by atoms with van der Waals surface area (Å²) in [5, 5.41) is 12.1. The van der Waals surface area contributed by atoms with Gasteiger partial charge in [0.2, 0.25) is 6.79 Å². The SMILES string of the molecule is O=C(CN1CC[C@@]2(O)CCCC[C@@H]2[C@@H]1c1ccc2c(c1)OCO2)c1ccc(Cl)cc1. The number of hydrogen-bond acceptors (Lipinski definition) is 5. The van der Waals surface area contributed by atoms with Gasteiger partial charge in [-0.1, -0.05) is 30.5 Å². The highest BCUT2D eigenvalue weighted by Crippen LogP contribution is 2.50. The summed E-state index contributed by atoms with van der Waals surface area (Å²) in [6.45, 7) is 1.23. The average molecular weight is 428 g/mol. The molecule has 0 aromatic heterocycles. The maximum Gasteiger partial charge on any atom is 0.231 e. The van der Waals surface area contributed by atoms with Crippen molar-refractivity contribution in [3.63, 3.8) is 0 Å². The zero-order valence-corrected chi connectivity index (χ0v) is 17.6. The van der Waals surface area contributed by atoms with Crippen molar-refractivity contribution in [3.05, 3.63) is 58.6 Å². The molecular formula is C24H26ClNO4. The molecule has 1 saturated carbocycles. The minimum atomic E-state index is -0.668. The van der Waals surface area contributed by atoms with Crippen LogP contribution in [0.25, 0.3) is 0 Å². The molecule has 0 spiro atoms. The normalized spacial score (nSPS) is 28.2. The third kappa shape index (κ3) is 3.59. The molecule has 2 aromatic carbocycles. The summed E-state index contributed by atoms with van der Waals surface area (Å²) >= 11 is 5.98. The average Bonchev–Trinajstić information content (AvgIpc) is 3.22. The molecule has 2 fully saturated rings. The van der Waals surface area contributed by atoms with Crippen LogP contribution in [0.3, 0.4) is 0 Å². The van der Waals surface area contributed by atoms with Crippen LogP contribution in [0.15, 0.2) is 42.5 Å². The Balaban J connectivity index is 1.47. The van der Waals surface area contributed by atoms with Crippen molar-refractivity contribution in [2.45, 2.75) is 43.7 Å². The largest absolute Gasteiger partial charge is 0.454 e. The van der Waals surface area contributed by atoms with Crippen molar-refractivity contribution < 1.29 is 19.4 Å². The molecule has 0 amide bonds. The predicted octanol–water partition coefficient (Wildman–Crippen LogP) is 4.62. The molecule has 2 aromatic rings. The van der Waals surface area contributed by atoms with E-state index in [0.29, 0.717) is 30.1 Å². The Bertz CT molecular complexity index is 947. The number of ether oxygens (including phenoxy) is 2. The fourth-order valence-electron chi connectivity index (χ4n) is 5.37. The number of nitrogens with zero attached hydrogens (tertiary/aromatic N) is 1. The molecule has 30 heavy (non-hydrogen) atoms. The van der Waals surface area contributed by atoms with Crippen LogP contribution in [0.4, 0.5) is 0 Å². The van der Waals surface area contributed by atoms with Gasteiger partial charge in [0.1, 0.15) is 0 Å². The fraction of sp³-hybridized carbons (Fsp3) is 0.458. The summed E-state index contributed by atoms with van der Waals surface area (Å²) < 4.78 is 11.1. The standard InChI is InChI=1S/C24H26ClNO4/c25-18-7-4-16(5-8-18)20(27)14-26-12-11-24(28)10-2-1-3-19(24)23(26)17-6-9-21-22(13-17)30-15-29-21/h4-9,13,19,23,28H,1-3,10-12,14-15H2/t19-,23+,24+/m1/s1. The third-order valence-electron chi connectivity index (χ3n) is 6.92. The van der Waals surface area contributed by atoms with Crippen LogP contribution in [0.5, 0.6) is 11.5 Å². The lowest BCUT2D eigenvalue weighted by molar-refractivity contribution is -0.122. The summed E-state index contributed by atoms with van der Waals surface area (Å²) in [5.41, 5.74) is 1.07. The zero-order chi connectivity index (χ0) is 20.7. The van der Waals surface area contributed by atoms with E-state index < -0.39 is 5.60 Å². The quantitative estimate of drug-likeness (QED) is 0.721. The van der Waals surface area contributed by atoms with Gasteiger partial charge < -0.3 is 14.6 Å². The smallest absolute Gasteiger partial charge is 0.231 e. The van der Waals surface area contributed by atoms with Crippen molar-refractivity contribution in [3.8, 4) is 11.5 Å². The molecule has 1 aliphatic carbocycles. The van der Waals surface area contributed by atoms with Crippen LogP contribution in [-0.2, 0) is 0 Å². The molecule has 6 heteroatoms. The Kier molecular flexibility index (Phi) is 5.21. The molecule has 1 saturated heterocycles. The summed E-state index contributed by atoms with van der Waals surface area (Å²) in [6, 6.07) is 13.0. The number of rotatable bonds is 4. The van der Waals surface area contributed by atoms with Gasteiger partial charge in [-0.25, -0.2) is 0 Å². The van der Waals surface area contributed by atoms with E-state index in [2.05, 4.69) is 11.0 Å². The maximum absolute atomic E-state index is 13.0. The van der Waals surface area contributed by atoms with Crippen LogP contribution in [0, 0.1) is 5.92 Å². The van der Waals surface area contributed by atoms with E-state index in [4.69, 9.17) is 21.1 Å². The van der Waals surface area contributed by atoms with E-state index in [1.807, 2.05) is 12.1 Å². The molecule has 5 rings (SSSR count). The van der Waals surface area contributed by atoms with Crippen LogP contribution in [-0.4, -0.2) is 41.3 Å². The van der Waals surface area contributed by atoms with Crippen molar-refractivity contribution in [2.75, 3.05) is 19.9 Å².